The third-order valence-corrected chi connectivity index (χ3v) is 5.11. The number of nitrogens with zero attached hydrogens (tertiary/aromatic N) is 2. The number of rotatable bonds is 8. The predicted molar refractivity (Wildman–Crippen MR) is 110 cm³/mol. The van der Waals surface area contributed by atoms with Crippen LogP contribution in [0.2, 0.25) is 0 Å². The minimum atomic E-state index is 0.0775. The van der Waals surface area contributed by atoms with Crippen LogP contribution in [0, 0.1) is 12.8 Å². The Labute approximate surface area is 159 Å². The molecule has 0 aliphatic carbocycles. The number of likely N-dealkylation sites (tertiary alicyclic amines) is 1. The number of nitrogens with one attached hydrogen (secondary N) is 2. The highest BCUT2D eigenvalue weighted by atomic mass is 16.5. The fraction of sp³-hybridized carbons (Fsp3) is 0.667. The van der Waals surface area contributed by atoms with E-state index in [0.29, 0.717) is 0 Å². The average molecular weight is 361 g/mol. The molecule has 2 N–H and O–H groups in total. The van der Waals surface area contributed by atoms with Crippen molar-refractivity contribution in [3.63, 3.8) is 0 Å². The lowest BCUT2D eigenvalue weighted by molar-refractivity contribution is 0.187. The van der Waals surface area contributed by atoms with Gasteiger partial charge in [0, 0.05) is 13.6 Å². The Morgan fingerprint density at radius 1 is 1.31 bits per heavy atom. The molecule has 0 amide bonds. The number of ether oxygens (including phenoxy) is 1. The summed E-state index contributed by atoms with van der Waals surface area (Å²) < 4.78 is 5.96. The van der Waals surface area contributed by atoms with Crippen molar-refractivity contribution >= 4 is 5.96 Å². The van der Waals surface area contributed by atoms with Gasteiger partial charge < -0.3 is 20.3 Å². The largest absolute Gasteiger partial charge is 0.489 e. The Bertz CT molecular complexity index is 553. The van der Waals surface area contributed by atoms with E-state index in [2.05, 4.69) is 53.4 Å². The number of aryl methyl sites for hydroxylation is 1. The van der Waals surface area contributed by atoms with Crippen LogP contribution in [0.3, 0.4) is 0 Å². The number of aliphatic imine (C=N–C) groups is 1. The maximum absolute atomic E-state index is 5.96. The molecule has 1 saturated heterocycles. The lowest BCUT2D eigenvalue weighted by Gasteiger charge is -2.31. The summed E-state index contributed by atoms with van der Waals surface area (Å²) in [6.07, 6.45) is 3.94. The summed E-state index contributed by atoms with van der Waals surface area (Å²) in [5.41, 5.74) is 1.21. The van der Waals surface area contributed by atoms with Crippen molar-refractivity contribution in [3.8, 4) is 5.75 Å². The van der Waals surface area contributed by atoms with Gasteiger partial charge in [-0.15, -0.1) is 0 Å². The van der Waals surface area contributed by atoms with E-state index < -0.39 is 0 Å². The standard InChI is InChI=1S/C21H36N4O/c1-5-25-13-10-19(11-14-25)9-12-23-21(22-4)24-16-18(3)26-20-8-6-7-17(2)15-20/h6-8,15,18-19H,5,9-14,16H2,1-4H3,(H2,22,23,24). The first kappa shape index (κ1) is 20.6. The van der Waals surface area contributed by atoms with Gasteiger partial charge in [-0.1, -0.05) is 19.1 Å². The minimum absolute atomic E-state index is 0.0775. The summed E-state index contributed by atoms with van der Waals surface area (Å²) >= 11 is 0. The molecule has 0 aromatic heterocycles. The fourth-order valence-corrected chi connectivity index (χ4v) is 3.41. The second kappa shape index (κ2) is 11.1. The van der Waals surface area contributed by atoms with Gasteiger partial charge in [-0.3, -0.25) is 4.99 Å². The second-order valence-corrected chi connectivity index (χ2v) is 7.29. The highest BCUT2D eigenvalue weighted by molar-refractivity contribution is 5.79. The third-order valence-electron chi connectivity index (χ3n) is 5.11. The summed E-state index contributed by atoms with van der Waals surface area (Å²) in [6.45, 7) is 11.8. The van der Waals surface area contributed by atoms with E-state index in [1.165, 1.54) is 44.5 Å². The van der Waals surface area contributed by atoms with E-state index in [9.17, 15) is 0 Å². The van der Waals surface area contributed by atoms with Gasteiger partial charge in [-0.2, -0.15) is 0 Å². The van der Waals surface area contributed by atoms with E-state index in [-0.39, 0.29) is 6.10 Å². The van der Waals surface area contributed by atoms with Crippen LogP contribution < -0.4 is 15.4 Å². The number of piperidine rings is 1. The number of guanidine groups is 1. The Balaban J connectivity index is 1.63. The normalized spacial score (nSPS) is 17.8. The average Bonchev–Trinajstić information content (AvgIpc) is 2.65. The first-order chi connectivity index (χ1) is 12.6. The Hall–Kier alpha value is -1.75. The molecule has 0 radical (unpaired) electrons. The molecule has 5 heteroatoms. The molecule has 2 rings (SSSR count). The van der Waals surface area contributed by atoms with E-state index >= 15 is 0 Å². The van der Waals surface area contributed by atoms with E-state index in [1.807, 2.05) is 19.2 Å². The molecular weight excluding hydrogens is 324 g/mol. The van der Waals surface area contributed by atoms with Gasteiger partial charge in [0.05, 0.1) is 6.54 Å². The molecule has 1 fully saturated rings. The van der Waals surface area contributed by atoms with Crippen LogP contribution in [0.25, 0.3) is 0 Å². The zero-order valence-corrected chi connectivity index (χ0v) is 16.9. The molecule has 1 aromatic rings. The highest BCUT2D eigenvalue weighted by Gasteiger charge is 2.17. The lowest BCUT2D eigenvalue weighted by atomic mass is 9.93. The SMILES string of the molecule is CCN1CCC(CCNC(=NC)NCC(C)Oc2cccc(C)c2)CC1. The molecule has 26 heavy (non-hydrogen) atoms. The highest BCUT2D eigenvalue weighted by Crippen LogP contribution is 2.19. The molecule has 146 valence electrons. The van der Waals surface area contributed by atoms with Crippen LogP contribution in [0.4, 0.5) is 0 Å². The van der Waals surface area contributed by atoms with Gasteiger partial charge in [0.15, 0.2) is 5.96 Å². The Kier molecular flexibility index (Phi) is 8.75. The summed E-state index contributed by atoms with van der Waals surface area (Å²) in [5.74, 6) is 2.61. The van der Waals surface area contributed by atoms with Crippen LogP contribution in [-0.4, -0.2) is 56.7 Å². The van der Waals surface area contributed by atoms with Crippen LogP contribution in [-0.2, 0) is 0 Å². The van der Waals surface area contributed by atoms with E-state index in [1.54, 1.807) is 0 Å². The predicted octanol–water partition coefficient (Wildman–Crippen LogP) is 3.05. The second-order valence-electron chi connectivity index (χ2n) is 7.29. The lowest BCUT2D eigenvalue weighted by Crippen LogP contribution is -2.42. The maximum Gasteiger partial charge on any atom is 0.191 e. The Morgan fingerprint density at radius 2 is 2.08 bits per heavy atom. The van der Waals surface area contributed by atoms with Crippen molar-refractivity contribution in [1.82, 2.24) is 15.5 Å². The van der Waals surface area contributed by atoms with Crippen LogP contribution in [0.15, 0.2) is 29.3 Å². The molecule has 0 spiro atoms. The first-order valence-corrected chi connectivity index (χ1v) is 10.0. The summed E-state index contributed by atoms with van der Waals surface area (Å²) in [5, 5.41) is 6.80. The zero-order chi connectivity index (χ0) is 18.8. The topological polar surface area (TPSA) is 48.9 Å². The monoisotopic (exact) mass is 360 g/mol. The molecule has 5 nitrogen and oxygen atoms in total. The number of hydrogen-bond donors (Lipinski definition) is 2. The maximum atomic E-state index is 5.96. The van der Waals surface area contributed by atoms with Crippen LogP contribution in [0.5, 0.6) is 5.75 Å². The van der Waals surface area contributed by atoms with Gasteiger partial charge in [-0.05, 0) is 76.4 Å². The van der Waals surface area contributed by atoms with Gasteiger partial charge in [0.25, 0.3) is 0 Å². The molecule has 1 aliphatic heterocycles. The molecule has 0 saturated carbocycles. The van der Waals surface area contributed by atoms with Crippen molar-refractivity contribution in [1.29, 1.82) is 0 Å². The van der Waals surface area contributed by atoms with Gasteiger partial charge in [0.2, 0.25) is 0 Å². The molecule has 1 aliphatic rings. The summed E-state index contributed by atoms with van der Waals surface area (Å²) in [7, 11) is 1.82. The summed E-state index contributed by atoms with van der Waals surface area (Å²) in [4.78, 5) is 6.86. The fourth-order valence-electron chi connectivity index (χ4n) is 3.41. The molecule has 0 bridgehead atoms. The zero-order valence-electron chi connectivity index (χ0n) is 16.9. The van der Waals surface area contributed by atoms with Crippen molar-refractivity contribution < 1.29 is 4.74 Å². The van der Waals surface area contributed by atoms with Crippen LogP contribution >= 0.6 is 0 Å². The first-order valence-electron chi connectivity index (χ1n) is 10.0. The van der Waals surface area contributed by atoms with Crippen molar-refractivity contribution in [3.05, 3.63) is 29.8 Å². The third kappa shape index (κ3) is 7.24. The molecule has 1 heterocycles. The van der Waals surface area contributed by atoms with E-state index in [0.717, 1.165) is 30.7 Å². The quantitative estimate of drug-likeness (QED) is 0.553. The molecule has 1 aromatic carbocycles. The molecular formula is C21H36N4O. The van der Waals surface area contributed by atoms with Gasteiger partial charge in [0.1, 0.15) is 11.9 Å². The summed E-state index contributed by atoms with van der Waals surface area (Å²) in [6, 6.07) is 8.16. The number of hydrogen-bond acceptors (Lipinski definition) is 3. The number of benzene rings is 1. The molecule has 1 atom stereocenters. The van der Waals surface area contributed by atoms with Gasteiger partial charge >= 0.3 is 0 Å². The van der Waals surface area contributed by atoms with Crippen LogP contribution in [0.1, 0.15) is 38.7 Å². The van der Waals surface area contributed by atoms with Gasteiger partial charge in [-0.25, -0.2) is 0 Å². The Morgan fingerprint density at radius 3 is 2.73 bits per heavy atom. The minimum Gasteiger partial charge on any atom is -0.489 e. The van der Waals surface area contributed by atoms with Crippen molar-refractivity contribution in [2.75, 3.05) is 39.8 Å². The van der Waals surface area contributed by atoms with Crippen molar-refractivity contribution in [2.45, 2.75) is 46.1 Å². The smallest absolute Gasteiger partial charge is 0.191 e. The molecule has 1 unspecified atom stereocenters. The van der Waals surface area contributed by atoms with Crippen molar-refractivity contribution in [2.24, 2.45) is 10.9 Å². The van der Waals surface area contributed by atoms with E-state index in [4.69, 9.17) is 4.74 Å².